The highest BCUT2D eigenvalue weighted by Gasteiger charge is 2.31. The molecule has 0 saturated carbocycles. The zero-order valence-corrected chi connectivity index (χ0v) is 19.2. The van der Waals surface area contributed by atoms with Crippen LogP contribution in [0.3, 0.4) is 0 Å². The third kappa shape index (κ3) is 5.43. The van der Waals surface area contributed by atoms with E-state index in [0.29, 0.717) is 31.9 Å². The molecule has 0 bridgehead atoms. The Hall–Kier alpha value is -2.75. The highest BCUT2D eigenvalue weighted by molar-refractivity contribution is 7.89. The second-order valence-electron chi connectivity index (χ2n) is 8.13. The molecular weight excluding hydrogens is 444 g/mol. The van der Waals surface area contributed by atoms with E-state index in [-0.39, 0.29) is 29.5 Å². The molecule has 0 spiro atoms. The number of sulfonamides is 1. The molecule has 2 aliphatic rings. The molecule has 0 radical (unpaired) electrons. The average Bonchev–Trinajstić information content (AvgIpc) is 2.88. The fraction of sp³-hybridized carbons (Fsp3) is 0.417. The summed E-state index contributed by atoms with van der Waals surface area (Å²) in [6, 6.07) is 14.7. The largest absolute Gasteiger partial charge is 0.444 e. The maximum atomic E-state index is 13.2. The summed E-state index contributed by atoms with van der Waals surface area (Å²) < 4.78 is 38.2. The van der Waals surface area contributed by atoms with Gasteiger partial charge in [-0.1, -0.05) is 36.4 Å². The molecule has 176 valence electrons. The molecule has 0 aliphatic carbocycles. The lowest BCUT2D eigenvalue weighted by Crippen LogP contribution is -2.40. The maximum Gasteiger partial charge on any atom is 0.339 e. The average molecular weight is 473 g/mol. The van der Waals surface area contributed by atoms with Crippen LogP contribution >= 0.6 is 0 Å². The molecule has 2 aromatic rings. The number of morpholine rings is 1. The molecular formula is C24H28N2O6S. The van der Waals surface area contributed by atoms with Gasteiger partial charge in [-0.3, -0.25) is 4.79 Å². The van der Waals surface area contributed by atoms with Crippen molar-refractivity contribution in [3.63, 3.8) is 0 Å². The van der Waals surface area contributed by atoms with E-state index in [0.717, 1.165) is 19.3 Å². The van der Waals surface area contributed by atoms with Gasteiger partial charge in [0.2, 0.25) is 16.1 Å². The lowest BCUT2D eigenvalue weighted by molar-refractivity contribution is -0.142. The minimum absolute atomic E-state index is 0.0115. The number of piperidine rings is 1. The van der Waals surface area contributed by atoms with Crippen LogP contribution in [0.15, 0.2) is 59.5 Å². The Balaban J connectivity index is 1.57. The smallest absolute Gasteiger partial charge is 0.339 e. The van der Waals surface area contributed by atoms with Gasteiger partial charge in [-0.25, -0.2) is 13.2 Å². The van der Waals surface area contributed by atoms with Crippen molar-refractivity contribution in [1.29, 1.82) is 0 Å². The zero-order chi connectivity index (χ0) is 23.3. The summed E-state index contributed by atoms with van der Waals surface area (Å²) in [5.74, 6) is -1.00. The summed E-state index contributed by atoms with van der Waals surface area (Å²) in [7, 11) is -3.76. The molecule has 1 atom stereocenters. The first kappa shape index (κ1) is 23.4. The highest BCUT2D eigenvalue weighted by atomic mass is 32.2. The molecule has 2 saturated heterocycles. The van der Waals surface area contributed by atoms with Crippen molar-refractivity contribution in [2.45, 2.75) is 30.3 Å². The van der Waals surface area contributed by atoms with E-state index < -0.39 is 22.1 Å². The van der Waals surface area contributed by atoms with Crippen molar-refractivity contribution in [2.75, 3.05) is 39.4 Å². The minimum Gasteiger partial charge on any atom is -0.444 e. The van der Waals surface area contributed by atoms with Crippen molar-refractivity contribution in [3.05, 3.63) is 65.7 Å². The number of amides is 1. The van der Waals surface area contributed by atoms with Gasteiger partial charge < -0.3 is 14.4 Å². The third-order valence-electron chi connectivity index (χ3n) is 5.90. The van der Waals surface area contributed by atoms with Crippen molar-refractivity contribution in [3.8, 4) is 0 Å². The molecule has 0 aromatic heterocycles. The predicted molar refractivity (Wildman–Crippen MR) is 121 cm³/mol. The van der Waals surface area contributed by atoms with Gasteiger partial charge in [0, 0.05) is 31.7 Å². The topological polar surface area (TPSA) is 93.2 Å². The van der Waals surface area contributed by atoms with E-state index in [1.807, 2.05) is 6.07 Å². The van der Waals surface area contributed by atoms with E-state index in [1.54, 1.807) is 29.2 Å². The molecule has 1 amide bonds. The predicted octanol–water partition coefficient (Wildman–Crippen LogP) is 2.62. The Labute approximate surface area is 194 Å². The van der Waals surface area contributed by atoms with Crippen LogP contribution < -0.4 is 0 Å². The highest BCUT2D eigenvalue weighted by Crippen LogP contribution is 2.25. The molecule has 9 heteroatoms. The molecule has 33 heavy (non-hydrogen) atoms. The number of ether oxygens (including phenoxy) is 2. The lowest BCUT2D eigenvalue weighted by atomic mass is 10.1. The van der Waals surface area contributed by atoms with Gasteiger partial charge in [-0.05, 0) is 37.5 Å². The molecule has 2 aromatic carbocycles. The van der Waals surface area contributed by atoms with Crippen LogP contribution in [-0.4, -0.2) is 68.9 Å². The number of carbonyl (C=O) groups is 2. The number of benzene rings is 2. The third-order valence-corrected chi connectivity index (χ3v) is 7.79. The number of likely N-dealkylation sites (tertiary alicyclic amines) is 1. The van der Waals surface area contributed by atoms with Crippen LogP contribution in [0.1, 0.15) is 41.3 Å². The Morgan fingerprint density at radius 2 is 1.58 bits per heavy atom. The second kappa shape index (κ2) is 10.5. The first-order chi connectivity index (χ1) is 16.0. The Kier molecular flexibility index (Phi) is 7.42. The molecule has 2 fully saturated rings. The van der Waals surface area contributed by atoms with Crippen molar-refractivity contribution in [1.82, 2.24) is 9.21 Å². The fourth-order valence-corrected chi connectivity index (χ4v) is 5.52. The van der Waals surface area contributed by atoms with E-state index in [1.165, 1.54) is 28.6 Å². The number of carbonyl (C=O) groups excluding carboxylic acids is 2. The van der Waals surface area contributed by atoms with Gasteiger partial charge in [-0.15, -0.1) is 0 Å². The van der Waals surface area contributed by atoms with Crippen LogP contribution in [-0.2, 0) is 24.3 Å². The second-order valence-corrected chi connectivity index (χ2v) is 10.1. The Morgan fingerprint density at radius 1 is 0.879 bits per heavy atom. The van der Waals surface area contributed by atoms with Crippen LogP contribution in [0.5, 0.6) is 0 Å². The van der Waals surface area contributed by atoms with E-state index in [9.17, 15) is 18.0 Å². The van der Waals surface area contributed by atoms with Gasteiger partial charge in [0.1, 0.15) is 0 Å². The van der Waals surface area contributed by atoms with Gasteiger partial charge in [0.15, 0.2) is 0 Å². The molecule has 4 rings (SSSR count). The normalized spacial score (nSPS) is 18.5. The first-order valence-electron chi connectivity index (χ1n) is 11.2. The summed E-state index contributed by atoms with van der Waals surface area (Å²) in [5, 5.41) is 0. The SMILES string of the molecule is O=C(OC(C(=O)N1CCCCC1)c1ccccc1)c1cccc(S(=O)(=O)N2CCOCC2)c1. The summed E-state index contributed by atoms with van der Waals surface area (Å²) in [5.41, 5.74) is 0.662. The van der Waals surface area contributed by atoms with Gasteiger partial charge in [0.05, 0.1) is 23.7 Å². The van der Waals surface area contributed by atoms with Crippen molar-refractivity contribution in [2.24, 2.45) is 0 Å². The van der Waals surface area contributed by atoms with E-state index in [2.05, 4.69) is 0 Å². The van der Waals surface area contributed by atoms with E-state index in [4.69, 9.17) is 9.47 Å². The first-order valence-corrected chi connectivity index (χ1v) is 12.6. The summed E-state index contributed by atoms with van der Waals surface area (Å²) in [4.78, 5) is 28.0. The molecule has 1 unspecified atom stereocenters. The standard InChI is InChI=1S/C24H28N2O6S/c27-23(25-12-5-2-6-13-25)22(19-8-3-1-4-9-19)32-24(28)20-10-7-11-21(18-20)33(29,30)26-14-16-31-17-15-26/h1,3-4,7-11,18,22H,2,5-6,12-17H2. The van der Waals surface area contributed by atoms with Crippen LogP contribution in [0, 0.1) is 0 Å². The number of rotatable bonds is 6. The number of hydrogen-bond acceptors (Lipinski definition) is 6. The number of hydrogen-bond donors (Lipinski definition) is 0. The van der Waals surface area contributed by atoms with Crippen LogP contribution in [0.4, 0.5) is 0 Å². The fourth-order valence-electron chi connectivity index (χ4n) is 4.06. The summed E-state index contributed by atoms with van der Waals surface area (Å²) in [6.07, 6.45) is 1.83. The summed E-state index contributed by atoms with van der Waals surface area (Å²) in [6.45, 7) is 2.45. The van der Waals surface area contributed by atoms with E-state index >= 15 is 0 Å². The Morgan fingerprint density at radius 3 is 2.27 bits per heavy atom. The van der Waals surface area contributed by atoms with Gasteiger partial charge in [0.25, 0.3) is 5.91 Å². The minimum atomic E-state index is -3.76. The van der Waals surface area contributed by atoms with Crippen LogP contribution in [0.2, 0.25) is 0 Å². The van der Waals surface area contributed by atoms with Crippen molar-refractivity contribution < 1.29 is 27.5 Å². The quantitative estimate of drug-likeness (QED) is 0.600. The molecule has 0 N–H and O–H groups in total. The zero-order valence-electron chi connectivity index (χ0n) is 18.4. The maximum absolute atomic E-state index is 13.2. The van der Waals surface area contributed by atoms with Gasteiger partial charge >= 0.3 is 5.97 Å². The summed E-state index contributed by atoms with van der Waals surface area (Å²) >= 11 is 0. The Bertz CT molecular complexity index is 1080. The molecule has 2 aliphatic heterocycles. The number of nitrogens with zero attached hydrogens (tertiary/aromatic N) is 2. The number of esters is 1. The van der Waals surface area contributed by atoms with Gasteiger partial charge in [-0.2, -0.15) is 4.31 Å². The molecule has 2 heterocycles. The monoisotopic (exact) mass is 472 g/mol. The van der Waals surface area contributed by atoms with Crippen LogP contribution in [0.25, 0.3) is 0 Å². The lowest BCUT2D eigenvalue weighted by Gasteiger charge is -2.30. The van der Waals surface area contributed by atoms with Crippen molar-refractivity contribution >= 4 is 21.9 Å². The molecule has 8 nitrogen and oxygen atoms in total.